The Morgan fingerprint density at radius 2 is 2.19 bits per heavy atom. The molecule has 2 aromatic rings. The number of hydrogen-bond donors (Lipinski definition) is 2. The standard InChI is InChI=1S/C11H11N3OS/c1-7(13-14-11(12)16)10-6-8-4-2-3-5-9(8)15-10/h2-6H,1H3,(H3,12,14,16)/b13-7-. The van der Waals surface area contributed by atoms with Crippen LogP contribution in [-0.2, 0) is 0 Å². The van der Waals surface area contributed by atoms with Crippen molar-refractivity contribution in [1.29, 1.82) is 0 Å². The van der Waals surface area contributed by atoms with E-state index in [-0.39, 0.29) is 5.11 Å². The Morgan fingerprint density at radius 3 is 2.88 bits per heavy atom. The SMILES string of the molecule is C/C(=N/NC(N)=S)c1cc2ccccc2o1. The smallest absolute Gasteiger partial charge is 0.184 e. The second kappa shape index (κ2) is 4.32. The van der Waals surface area contributed by atoms with Crippen molar-refractivity contribution in [3.63, 3.8) is 0 Å². The molecule has 5 heteroatoms. The number of furan rings is 1. The first kappa shape index (κ1) is 10.6. The maximum absolute atomic E-state index is 5.61. The summed E-state index contributed by atoms with van der Waals surface area (Å²) in [5.41, 5.74) is 9.34. The van der Waals surface area contributed by atoms with Crippen LogP contribution in [0.2, 0.25) is 0 Å². The quantitative estimate of drug-likeness (QED) is 0.473. The number of nitrogens with one attached hydrogen (secondary N) is 1. The van der Waals surface area contributed by atoms with Crippen molar-refractivity contribution in [1.82, 2.24) is 5.43 Å². The molecule has 1 heterocycles. The van der Waals surface area contributed by atoms with Gasteiger partial charge in [-0.1, -0.05) is 18.2 Å². The van der Waals surface area contributed by atoms with E-state index in [2.05, 4.69) is 22.7 Å². The summed E-state index contributed by atoms with van der Waals surface area (Å²) < 4.78 is 5.61. The van der Waals surface area contributed by atoms with E-state index in [9.17, 15) is 0 Å². The van der Waals surface area contributed by atoms with E-state index in [4.69, 9.17) is 10.2 Å². The summed E-state index contributed by atoms with van der Waals surface area (Å²) in [6.07, 6.45) is 0. The molecule has 16 heavy (non-hydrogen) atoms. The van der Waals surface area contributed by atoms with E-state index in [1.165, 1.54) is 0 Å². The van der Waals surface area contributed by atoms with Gasteiger partial charge in [0, 0.05) is 5.39 Å². The van der Waals surface area contributed by atoms with Gasteiger partial charge >= 0.3 is 0 Å². The van der Waals surface area contributed by atoms with Crippen molar-refractivity contribution in [2.24, 2.45) is 10.8 Å². The molecule has 0 atom stereocenters. The first-order valence-electron chi connectivity index (χ1n) is 4.75. The molecule has 0 fully saturated rings. The lowest BCUT2D eigenvalue weighted by molar-refractivity contribution is 0.603. The van der Waals surface area contributed by atoms with Gasteiger partial charge in [-0.3, -0.25) is 5.43 Å². The number of rotatable bonds is 2. The third kappa shape index (κ3) is 2.20. The number of thiocarbonyl (C=S) groups is 1. The van der Waals surface area contributed by atoms with Gasteiger partial charge in [0.15, 0.2) is 10.9 Å². The summed E-state index contributed by atoms with van der Waals surface area (Å²) in [5.74, 6) is 0.699. The van der Waals surface area contributed by atoms with Gasteiger partial charge in [0.05, 0.1) is 0 Å². The maximum Gasteiger partial charge on any atom is 0.184 e. The second-order valence-electron chi connectivity index (χ2n) is 3.32. The highest BCUT2D eigenvalue weighted by atomic mass is 32.1. The van der Waals surface area contributed by atoms with E-state index in [0.717, 1.165) is 11.0 Å². The lowest BCUT2D eigenvalue weighted by Gasteiger charge is -1.97. The molecule has 0 aliphatic heterocycles. The molecule has 0 bridgehead atoms. The minimum Gasteiger partial charge on any atom is -0.455 e. The topological polar surface area (TPSA) is 63.5 Å². The molecule has 2 rings (SSSR count). The number of fused-ring (bicyclic) bond motifs is 1. The molecular weight excluding hydrogens is 222 g/mol. The van der Waals surface area contributed by atoms with Crippen molar-refractivity contribution in [2.75, 3.05) is 0 Å². The summed E-state index contributed by atoms with van der Waals surface area (Å²) in [6, 6.07) is 9.70. The van der Waals surface area contributed by atoms with Gasteiger partial charge in [-0.05, 0) is 31.3 Å². The zero-order valence-corrected chi connectivity index (χ0v) is 9.54. The van der Waals surface area contributed by atoms with Crippen molar-refractivity contribution >= 4 is 34.0 Å². The molecule has 0 amide bonds. The molecule has 0 radical (unpaired) electrons. The monoisotopic (exact) mass is 233 g/mol. The number of hydrazone groups is 1. The predicted molar refractivity (Wildman–Crippen MR) is 68.3 cm³/mol. The fourth-order valence-corrected chi connectivity index (χ4v) is 1.40. The van der Waals surface area contributed by atoms with E-state index in [1.807, 2.05) is 37.3 Å². The molecule has 0 aliphatic rings. The first-order valence-corrected chi connectivity index (χ1v) is 5.16. The Balaban J connectivity index is 2.33. The Kier molecular flexibility index (Phi) is 2.87. The van der Waals surface area contributed by atoms with Crippen LogP contribution in [0.5, 0.6) is 0 Å². The van der Waals surface area contributed by atoms with Crippen LogP contribution in [0.25, 0.3) is 11.0 Å². The number of nitrogens with zero attached hydrogens (tertiary/aromatic N) is 1. The Bertz CT molecular complexity index is 526. The molecule has 0 saturated carbocycles. The zero-order chi connectivity index (χ0) is 11.5. The minimum absolute atomic E-state index is 0.135. The number of hydrogen-bond acceptors (Lipinski definition) is 3. The molecule has 3 N–H and O–H groups in total. The predicted octanol–water partition coefficient (Wildman–Crippen LogP) is 1.99. The highest BCUT2D eigenvalue weighted by Crippen LogP contribution is 2.19. The molecule has 1 aromatic carbocycles. The van der Waals surface area contributed by atoms with Crippen LogP contribution in [0.4, 0.5) is 0 Å². The number of nitrogens with two attached hydrogens (primary N) is 1. The average molecular weight is 233 g/mol. The highest BCUT2D eigenvalue weighted by molar-refractivity contribution is 7.80. The van der Waals surface area contributed by atoms with Gasteiger partial charge in [0.25, 0.3) is 0 Å². The Labute approximate surface area is 98.1 Å². The van der Waals surface area contributed by atoms with Crippen molar-refractivity contribution < 1.29 is 4.42 Å². The summed E-state index contributed by atoms with van der Waals surface area (Å²) in [4.78, 5) is 0. The fourth-order valence-electron chi connectivity index (χ4n) is 1.35. The fraction of sp³-hybridized carbons (Fsp3) is 0.0909. The zero-order valence-electron chi connectivity index (χ0n) is 8.73. The summed E-state index contributed by atoms with van der Waals surface area (Å²) in [7, 11) is 0. The van der Waals surface area contributed by atoms with E-state index in [0.29, 0.717) is 11.5 Å². The van der Waals surface area contributed by atoms with Crippen LogP contribution < -0.4 is 11.2 Å². The second-order valence-corrected chi connectivity index (χ2v) is 3.76. The van der Waals surface area contributed by atoms with Crippen LogP contribution in [0.3, 0.4) is 0 Å². The highest BCUT2D eigenvalue weighted by Gasteiger charge is 2.05. The van der Waals surface area contributed by atoms with Gasteiger partial charge in [-0.25, -0.2) is 0 Å². The van der Waals surface area contributed by atoms with E-state index in [1.54, 1.807) is 0 Å². The molecular formula is C11H11N3OS. The number of benzene rings is 1. The van der Waals surface area contributed by atoms with Crippen LogP contribution in [0.15, 0.2) is 39.9 Å². The molecule has 1 aromatic heterocycles. The molecule has 0 aliphatic carbocycles. The van der Waals surface area contributed by atoms with Gasteiger partial charge in [0.1, 0.15) is 11.3 Å². The molecule has 82 valence electrons. The first-order chi connectivity index (χ1) is 7.66. The minimum atomic E-state index is 0.135. The van der Waals surface area contributed by atoms with Gasteiger partial charge in [0.2, 0.25) is 0 Å². The summed E-state index contributed by atoms with van der Waals surface area (Å²) in [5, 5.41) is 5.17. The number of para-hydroxylation sites is 1. The summed E-state index contributed by atoms with van der Waals surface area (Å²) >= 11 is 4.66. The lowest BCUT2D eigenvalue weighted by Crippen LogP contribution is -2.25. The largest absolute Gasteiger partial charge is 0.455 e. The van der Waals surface area contributed by atoms with Crippen molar-refractivity contribution in [2.45, 2.75) is 6.92 Å². The van der Waals surface area contributed by atoms with Gasteiger partial charge in [-0.2, -0.15) is 5.10 Å². The van der Waals surface area contributed by atoms with Gasteiger partial charge in [-0.15, -0.1) is 0 Å². The van der Waals surface area contributed by atoms with E-state index >= 15 is 0 Å². The van der Waals surface area contributed by atoms with Crippen molar-refractivity contribution in [3.05, 3.63) is 36.1 Å². The third-order valence-electron chi connectivity index (χ3n) is 2.12. The average Bonchev–Trinajstić information content (AvgIpc) is 2.69. The van der Waals surface area contributed by atoms with Crippen LogP contribution in [-0.4, -0.2) is 10.8 Å². The normalized spacial score (nSPS) is 11.7. The van der Waals surface area contributed by atoms with E-state index < -0.39 is 0 Å². The van der Waals surface area contributed by atoms with Crippen molar-refractivity contribution in [3.8, 4) is 0 Å². The van der Waals surface area contributed by atoms with Crippen LogP contribution in [0, 0.1) is 0 Å². The van der Waals surface area contributed by atoms with Crippen LogP contribution >= 0.6 is 12.2 Å². The van der Waals surface area contributed by atoms with Gasteiger partial charge < -0.3 is 10.2 Å². The maximum atomic E-state index is 5.61. The lowest BCUT2D eigenvalue weighted by atomic mass is 10.2. The Morgan fingerprint density at radius 1 is 1.44 bits per heavy atom. The molecule has 0 saturated heterocycles. The third-order valence-corrected chi connectivity index (χ3v) is 2.21. The van der Waals surface area contributed by atoms with Crippen LogP contribution in [0.1, 0.15) is 12.7 Å². The molecule has 0 unspecified atom stereocenters. The Hall–Kier alpha value is -1.88. The molecule has 4 nitrogen and oxygen atoms in total. The molecule has 0 spiro atoms. The summed E-state index contributed by atoms with van der Waals surface area (Å²) in [6.45, 7) is 1.82.